The summed E-state index contributed by atoms with van der Waals surface area (Å²) in [5, 5.41) is 2.10. The second-order valence-electron chi connectivity index (χ2n) is 3.54. The second-order valence-corrected chi connectivity index (χ2v) is 5.34. The van der Waals surface area contributed by atoms with Gasteiger partial charge >= 0.3 is 0 Å². The molecular weight excluding hydrogens is 274 g/mol. The fourth-order valence-electron chi connectivity index (χ4n) is 1.81. The molecule has 1 aromatic rings. The standard InChI is InChI=1S/C10H14BrN3S/c1-2-4-14-8(6-13-10(14)12)9-7(11)3-5-15-9/h3,5,8H,2,4,6H2,1H3,(H2,12,13). The number of rotatable bonds is 3. The Balaban J connectivity index is 2.21. The third-order valence-corrected chi connectivity index (χ3v) is 4.48. The predicted octanol–water partition coefficient (Wildman–Crippen LogP) is 2.59. The Bertz CT molecular complexity index is 374. The van der Waals surface area contributed by atoms with Crippen molar-refractivity contribution in [2.24, 2.45) is 10.7 Å². The lowest BCUT2D eigenvalue weighted by Crippen LogP contribution is -2.36. The molecule has 1 aromatic heterocycles. The van der Waals surface area contributed by atoms with E-state index in [1.165, 1.54) is 9.35 Å². The monoisotopic (exact) mass is 287 g/mol. The van der Waals surface area contributed by atoms with Crippen LogP contribution in [0.25, 0.3) is 0 Å². The van der Waals surface area contributed by atoms with Gasteiger partial charge in [-0.05, 0) is 33.8 Å². The topological polar surface area (TPSA) is 41.6 Å². The summed E-state index contributed by atoms with van der Waals surface area (Å²) in [5.41, 5.74) is 5.88. The van der Waals surface area contributed by atoms with Crippen LogP contribution >= 0.6 is 27.3 Å². The summed E-state index contributed by atoms with van der Waals surface area (Å²) in [6, 6.07) is 2.41. The lowest BCUT2D eigenvalue weighted by atomic mass is 10.2. The maximum absolute atomic E-state index is 5.88. The predicted molar refractivity (Wildman–Crippen MR) is 68.2 cm³/mol. The lowest BCUT2D eigenvalue weighted by Gasteiger charge is -2.25. The highest BCUT2D eigenvalue weighted by Gasteiger charge is 2.28. The quantitative estimate of drug-likeness (QED) is 0.929. The van der Waals surface area contributed by atoms with Crippen LogP contribution in [0.15, 0.2) is 20.9 Å². The number of hydrogen-bond donors (Lipinski definition) is 1. The van der Waals surface area contributed by atoms with Crippen molar-refractivity contribution in [1.82, 2.24) is 4.90 Å². The number of guanidine groups is 1. The molecule has 0 aliphatic carbocycles. The zero-order valence-corrected chi connectivity index (χ0v) is 11.0. The van der Waals surface area contributed by atoms with Gasteiger partial charge in [-0.25, -0.2) is 0 Å². The van der Waals surface area contributed by atoms with E-state index >= 15 is 0 Å². The highest BCUT2D eigenvalue weighted by molar-refractivity contribution is 9.10. The van der Waals surface area contributed by atoms with Gasteiger partial charge < -0.3 is 10.6 Å². The summed E-state index contributed by atoms with van der Waals surface area (Å²) in [6.45, 7) is 3.92. The van der Waals surface area contributed by atoms with Crippen LogP contribution in [0, 0.1) is 0 Å². The Morgan fingerprint density at radius 3 is 3.13 bits per heavy atom. The van der Waals surface area contributed by atoms with Gasteiger partial charge in [0, 0.05) is 15.9 Å². The number of nitrogens with two attached hydrogens (primary N) is 1. The Hall–Kier alpha value is -0.550. The van der Waals surface area contributed by atoms with Crippen molar-refractivity contribution >= 4 is 33.2 Å². The van der Waals surface area contributed by atoms with Crippen molar-refractivity contribution in [1.29, 1.82) is 0 Å². The molecule has 0 aromatic carbocycles. The molecule has 2 heterocycles. The highest BCUT2D eigenvalue weighted by atomic mass is 79.9. The number of thiophene rings is 1. The third-order valence-electron chi connectivity index (χ3n) is 2.51. The summed E-state index contributed by atoms with van der Waals surface area (Å²) in [7, 11) is 0. The molecule has 1 aliphatic rings. The molecule has 0 amide bonds. The molecule has 1 aliphatic heterocycles. The molecule has 5 heteroatoms. The largest absolute Gasteiger partial charge is 0.370 e. The molecule has 0 spiro atoms. The fraction of sp³-hybridized carbons (Fsp3) is 0.500. The molecule has 1 atom stereocenters. The molecule has 2 rings (SSSR count). The van der Waals surface area contributed by atoms with Crippen LogP contribution in [0.2, 0.25) is 0 Å². The molecule has 15 heavy (non-hydrogen) atoms. The van der Waals surface area contributed by atoms with Crippen molar-refractivity contribution in [2.45, 2.75) is 19.4 Å². The van der Waals surface area contributed by atoms with Crippen LogP contribution in [0.1, 0.15) is 24.3 Å². The minimum absolute atomic E-state index is 0.333. The van der Waals surface area contributed by atoms with Crippen LogP contribution in [0.5, 0.6) is 0 Å². The lowest BCUT2D eigenvalue weighted by molar-refractivity contribution is 0.351. The van der Waals surface area contributed by atoms with Gasteiger partial charge in [-0.15, -0.1) is 11.3 Å². The molecule has 0 fully saturated rings. The maximum Gasteiger partial charge on any atom is 0.191 e. The summed E-state index contributed by atoms with van der Waals surface area (Å²) < 4.78 is 1.17. The molecule has 0 bridgehead atoms. The van der Waals surface area contributed by atoms with E-state index in [1.54, 1.807) is 11.3 Å². The zero-order valence-electron chi connectivity index (χ0n) is 8.61. The number of hydrogen-bond acceptors (Lipinski definition) is 4. The van der Waals surface area contributed by atoms with Crippen LogP contribution < -0.4 is 5.73 Å². The van der Waals surface area contributed by atoms with Gasteiger partial charge in [0.05, 0.1) is 12.6 Å². The smallest absolute Gasteiger partial charge is 0.191 e. The SMILES string of the molecule is CCCN1C(N)=NCC1c1sccc1Br. The Kier molecular flexibility index (Phi) is 3.31. The normalized spacial score (nSPS) is 20.8. The van der Waals surface area contributed by atoms with Gasteiger partial charge in [-0.3, -0.25) is 4.99 Å². The average molecular weight is 288 g/mol. The van der Waals surface area contributed by atoms with E-state index < -0.39 is 0 Å². The van der Waals surface area contributed by atoms with E-state index in [0.717, 1.165) is 19.5 Å². The molecule has 82 valence electrons. The number of nitrogens with zero attached hydrogens (tertiary/aromatic N) is 2. The first-order chi connectivity index (χ1) is 7.24. The molecule has 0 saturated heterocycles. The fourth-order valence-corrected chi connectivity index (χ4v) is 3.55. The minimum atomic E-state index is 0.333. The van der Waals surface area contributed by atoms with E-state index in [1.807, 2.05) is 0 Å². The van der Waals surface area contributed by atoms with Crippen molar-refractivity contribution in [3.8, 4) is 0 Å². The Morgan fingerprint density at radius 2 is 2.53 bits per heavy atom. The minimum Gasteiger partial charge on any atom is -0.370 e. The van der Waals surface area contributed by atoms with E-state index in [-0.39, 0.29) is 0 Å². The second kappa shape index (κ2) is 4.53. The van der Waals surface area contributed by atoms with Crippen LogP contribution in [-0.2, 0) is 0 Å². The molecular formula is C10H14BrN3S. The molecule has 0 radical (unpaired) electrons. The Morgan fingerprint density at radius 1 is 1.73 bits per heavy atom. The Labute approximate surface area is 102 Å². The van der Waals surface area contributed by atoms with Crippen molar-refractivity contribution in [3.05, 3.63) is 20.8 Å². The summed E-state index contributed by atoms with van der Waals surface area (Å²) >= 11 is 5.33. The van der Waals surface area contributed by atoms with Crippen LogP contribution in [-0.4, -0.2) is 23.9 Å². The zero-order chi connectivity index (χ0) is 10.8. The van der Waals surface area contributed by atoms with Gasteiger partial charge in [0.15, 0.2) is 5.96 Å². The maximum atomic E-state index is 5.88. The van der Waals surface area contributed by atoms with Gasteiger partial charge in [0.1, 0.15) is 0 Å². The van der Waals surface area contributed by atoms with Crippen molar-refractivity contribution in [3.63, 3.8) is 0 Å². The average Bonchev–Trinajstić information content (AvgIpc) is 2.76. The van der Waals surface area contributed by atoms with E-state index in [0.29, 0.717) is 12.0 Å². The molecule has 3 nitrogen and oxygen atoms in total. The van der Waals surface area contributed by atoms with E-state index in [4.69, 9.17) is 5.73 Å². The van der Waals surface area contributed by atoms with Gasteiger partial charge in [0.2, 0.25) is 0 Å². The molecule has 1 unspecified atom stereocenters. The van der Waals surface area contributed by atoms with Crippen molar-refractivity contribution in [2.75, 3.05) is 13.1 Å². The van der Waals surface area contributed by atoms with Gasteiger partial charge in [0.25, 0.3) is 0 Å². The summed E-state index contributed by atoms with van der Waals surface area (Å²) in [4.78, 5) is 7.84. The number of aliphatic imine (C=N–C) groups is 1. The highest BCUT2D eigenvalue weighted by Crippen LogP contribution is 2.35. The first-order valence-electron chi connectivity index (χ1n) is 5.03. The third kappa shape index (κ3) is 2.03. The van der Waals surface area contributed by atoms with Gasteiger partial charge in [-0.2, -0.15) is 0 Å². The van der Waals surface area contributed by atoms with Crippen molar-refractivity contribution < 1.29 is 0 Å². The first-order valence-corrected chi connectivity index (χ1v) is 6.70. The number of halogens is 1. The van der Waals surface area contributed by atoms with Gasteiger partial charge in [-0.1, -0.05) is 6.92 Å². The molecule has 2 N–H and O–H groups in total. The summed E-state index contributed by atoms with van der Waals surface area (Å²) in [5.74, 6) is 0.683. The van der Waals surface area contributed by atoms with Crippen LogP contribution in [0.3, 0.4) is 0 Å². The summed E-state index contributed by atoms with van der Waals surface area (Å²) in [6.07, 6.45) is 1.09. The van der Waals surface area contributed by atoms with E-state index in [9.17, 15) is 0 Å². The molecule has 0 saturated carbocycles. The van der Waals surface area contributed by atoms with Crippen LogP contribution in [0.4, 0.5) is 0 Å². The first kappa shape index (κ1) is 11.0. The van der Waals surface area contributed by atoms with E-state index in [2.05, 4.69) is 44.2 Å².